The first-order valence-corrected chi connectivity index (χ1v) is 12.2. The van der Waals surface area contributed by atoms with Gasteiger partial charge in [0.25, 0.3) is 0 Å². The summed E-state index contributed by atoms with van der Waals surface area (Å²) in [6.45, 7) is 3.06. The van der Waals surface area contributed by atoms with Crippen molar-refractivity contribution in [1.82, 2.24) is 10.0 Å². The van der Waals surface area contributed by atoms with Crippen LogP contribution in [0.2, 0.25) is 10.0 Å². The van der Waals surface area contributed by atoms with Gasteiger partial charge in [-0.1, -0.05) is 29.3 Å². The number of rotatable bonds is 5. The summed E-state index contributed by atoms with van der Waals surface area (Å²) in [7, 11) is -4.05. The summed E-state index contributed by atoms with van der Waals surface area (Å²) in [5.41, 5.74) is -1.96. The number of carbonyl (C=O) groups excluding carboxylic acids is 1. The molecule has 0 spiro atoms. The summed E-state index contributed by atoms with van der Waals surface area (Å²) in [4.78, 5) is 12.9. The maximum absolute atomic E-state index is 13.0. The van der Waals surface area contributed by atoms with Gasteiger partial charge in [-0.3, -0.25) is 4.79 Å². The maximum Gasteiger partial charge on any atom is 0.243 e. The van der Waals surface area contributed by atoms with Crippen LogP contribution in [0.15, 0.2) is 23.1 Å². The topological polar surface area (TPSA) is 95.5 Å². The van der Waals surface area contributed by atoms with Gasteiger partial charge in [-0.25, -0.2) is 8.42 Å². The zero-order valence-corrected chi connectivity index (χ0v) is 18.7. The van der Waals surface area contributed by atoms with Crippen molar-refractivity contribution in [2.75, 3.05) is 0 Å². The number of carbonyl (C=O) groups is 1. The first kappa shape index (κ1) is 21.4. The Balaban J connectivity index is 1.49. The molecule has 0 aromatic heterocycles. The molecule has 160 valence electrons. The Morgan fingerprint density at radius 3 is 2.38 bits per heavy atom. The van der Waals surface area contributed by atoms with E-state index in [-0.39, 0.29) is 38.7 Å². The van der Waals surface area contributed by atoms with Crippen LogP contribution in [0.3, 0.4) is 0 Å². The highest BCUT2D eigenvalue weighted by molar-refractivity contribution is 7.89. The highest BCUT2D eigenvalue weighted by Crippen LogP contribution is 2.55. The average Bonchev–Trinajstić information content (AvgIpc) is 2.57. The minimum absolute atomic E-state index is 0.0298. The third-order valence-corrected chi connectivity index (χ3v) is 9.33. The third-order valence-electron chi connectivity index (χ3n) is 6.70. The van der Waals surface area contributed by atoms with E-state index in [2.05, 4.69) is 10.0 Å². The standard InChI is InChI=1S/C20H26Cl2N2O4S/c1-19(2,24-29(27,28)15-5-3-4-14(21)16(15)22)18(25)23-17-12-6-11-7-13(17)10-20(26,8-11)9-12/h3-5,11-13,17,24,26H,6-10H2,1-2H3,(H,23,25). The second-order valence-corrected chi connectivity index (χ2v) is 11.9. The Bertz CT molecular complexity index is 934. The van der Waals surface area contributed by atoms with Crippen molar-refractivity contribution in [3.63, 3.8) is 0 Å². The normalized spacial score (nSPS) is 33.7. The van der Waals surface area contributed by atoms with Crippen LogP contribution in [0, 0.1) is 17.8 Å². The molecular weight excluding hydrogens is 435 g/mol. The van der Waals surface area contributed by atoms with E-state index in [1.807, 2.05) is 0 Å². The first-order valence-electron chi connectivity index (χ1n) is 9.92. The van der Waals surface area contributed by atoms with Crippen molar-refractivity contribution in [1.29, 1.82) is 0 Å². The van der Waals surface area contributed by atoms with E-state index in [1.165, 1.54) is 32.0 Å². The van der Waals surface area contributed by atoms with E-state index in [0.717, 1.165) is 19.3 Å². The molecule has 4 aliphatic carbocycles. The Hall–Kier alpha value is -0.860. The minimum Gasteiger partial charge on any atom is -0.390 e. The van der Waals surface area contributed by atoms with Crippen molar-refractivity contribution in [3.8, 4) is 0 Å². The number of benzene rings is 1. The van der Waals surface area contributed by atoms with Crippen LogP contribution < -0.4 is 10.0 Å². The van der Waals surface area contributed by atoms with Crippen molar-refractivity contribution < 1.29 is 18.3 Å². The predicted molar refractivity (Wildman–Crippen MR) is 111 cm³/mol. The summed E-state index contributed by atoms with van der Waals surface area (Å²) in [5, 5.41) is 13.8. The van der Waals surface area contributed by atoms with Crippen molar-refractivity contribution in [2.45, 2.75) is 68.0 Å². The highest BCUT2D eigenvalue weighted by Gasteiger charge is 2.55. The van der Waals surface area contributed by atoms with Crippen LogP contribution >= 0.6 is 23.2 Å². The largest absolute Gasteiger partial charge is 0.390 e. The fourth-order valence-corrected chi connectivity index (χ4v) is 7.82. The Labute approximate surface area is 181 Å². The molecule has 2 unspecified atom stereocenters. The molecule has 4 fully saturated rings. The molecule has 1 amide bonds. The van der Waals surface area contributed by atoms with E-state index in [0.29, 0.717) is 18.8 Å². The van der Waals surface area contributed by atoms with Gasteiger partial charge in [0.2, 0.25) is 15.9 Å². The SMILES string of the molecule is CC(C)(NS(=O)(=O)c1cccc(Cl)c1Cl)C(=O)NC1C2CC3CC1CC(O)(C3)C2. The van der Waals surface area contributed by atoms with Gasteiger partial charge in [0.15, 0.2) is 0 Å². The average molecular weight is 461 g/mol. The number of sulfonamides is 1. The van der Waals surface area contributed by atoms with E-state index in [1.54, 1.807) is 0 Å². The van der Waals surface area contributed by atoms with E-state index in [9.17, 15) is 18.3 Å². The number of hydrogen-bond donors (Lipinski definition) is 3. The summed E-state index contributed by atoms with van der Waals surface area (Å²) in [5.74, 6) is 0.626. The molecule has 2 atom stereocenters. The van der Waals surface area contributed by atoms with Crippen molar-refractivity contribution >= 4 is 39.1 Å². The molecule has 9 heteroatoms. The van der Waals surface area contributed by atoms with Crippen molar-refractivity contribution in [2.24, 2.45) is 17.8 Å². The number of nitrogens with one attached hydrogen (secondary N) is 2. The van der Waals surface area contributed by atoms with Gasteiger partial charge in [0.05, 0.1) is 15.6 Å². The fraction of sp³-hybridized carbons (Fsp3) is 0.650. The number of hydrogen-bond acceptors (Lipinski definition) is 4. The first-order chi connectivity index (χ1) is 13.4. The molecular formula is C20H26Cl2N2O4S. The van der Waals surface area contributed by atoms with Crippen LogP contribution in [-0.2, 0) is 14.8 Å². The lowest BCUT2D eigenvalue weighted by atomic mass is 9.52. The van der Waals surface area contributed by atoms with Gasteiger partial charge in [0.1, 0.15) is 10.4 Å². The monoisotopic (exact) mass is 460 g/mol. The molecule has 5 rings (SSSR count). The Kier molecular flexibility index (Phi) is 5.23. The molecule has 0 radical (unpaired) electrons. The zero-order chi connectivity index (χ0) is 21.2. The molecule has 4 saturated carbocycles. The van der Waals surface area contributed by atoms with Crippen LogP contribution in [0.1, 0.15) is 46.0 Å². The molecule has 4 aliphatic rings. The summed E-state index contributed by atoms with van der Waals surface area (Å²) in [6, 6.07) is 4.32. The van der Waals surface area contributed by atoms with Gasteiger partial charge in [-0.15, -0.1) is 0 Å². The van der Waals surface area contributed by atoms with Crippen molar-refractivity contribution in [3.05, 3.63) is 28.2 Å². The maximum atomic E-state index is 13.0. The highest BCUT2D eigenvalue weighted by atomic mass is 35.5. The van der Waals surface area contributed by atoms with Crippen LogP contribution in [0.25, 0.3) is 0 Å². The number of amides is 1. The Morgan fingerprint density at radius 1 is 1.17 bits per heavy atom. The van der Waals surface area contributed by atoms with E-state index in [4.69, 9.17) is 23.2 Å². The molecule has 29 heavy (non-hydrogen) atoms. The van der Waals surface area contributed by atoms with Gasteiger partial charge >= 0.3 is 0 Å². The van der Waals surface area contributed by atoms with Gasteiger partial charge in [0, 0.05) is 6.04 Å². The van der Waals surface area contributed by atoms with Gasteiger partial charge < -0.3 is 10.4 Å². The molecule has 0 aliphatic heterocycles. The quantitative estimate of drug-likeness (QED) is 0.628. The Morgan fingerprint density at radius 2 is 1.79 bits per heavy atom. The van der Waals surface area contributed by atoms with Crippen LogP contribution in [0.4, 0.5) is 0 Å². The predicted octanol–water partition coefficient (Wildman–Crippen LogP) is 3.11. The molecule has 1 aromatic rings. The number of halogens is 2. The fourth-order valence-electron chi connectivity index (χ4n) is 5.68. The third kappa shape index (κ3) is 3.92. The van der Waals surface area contributed by atoms with Gasteiger partial charge in [-0.2, -0.15) is 4.72 Å². The summed E-state index contributed by atoms with van der Waals surface area (Å²) >= 11 is 12.0. The second kappa shape index (κ2) is 7.09. The molecule has 6 nitrogen and oxygen atoms in total. The second-order valence-electron chi connectivity index (χ2n) is 9.48. The van der Waals surface area contributed by atoms with Crippen LogP contribution in [0.5, 0.6) is 0 Å². The lowest BCUT2D eigenvalue weighted by Crippen LogP contribution is -2.65. The smallest absolute Gasteiger partial charge is 0.243 e. The lowest BCUT2D eigenvalue weighted by Gasteiger charge is -2.58. The molecule has 0 saturated heterocycles. The molecule has 1 aromatic carbocycles. The molecule has 0 heterocycles. The zero-order valence-electron chi connectivity index (χ0n) is 16.4. The molecule has 4 bridgehead atoms. The molecule has 3 N–H and O–H groups in total. The minimum atomic E-state index is -4.05. The summed E-state index contributed by atoms with van der Waals surface area (Å²) < 4.78 is 28.1. The van der Waals surface area contributed by atoms with E-state index < -0.39 is 21.2 Å². The van der Waals surface area contributed by atoms with Gasteiger partial charge in [-0.05, 0) is 75.8 Å². The summed E-state index contributed by atoms with van der Waals surface area (Å²) in [6.07, 6.45) is 4.29. The lowest BCUT2D eigenvalue weighted by molar-refractivity contribution is -0.148. The van der Waals surface area contributed by atoms with Crippen LogP contribution in [-0.4, -0.2) is 36.6 Å². The van der Waals surface area contributed by atoms with E-state index >= 15 is 0 Å². The number of aliphatic hydroxyl groups is 1.